The van der Waals surface area contributed by atoms with Gasteiger partial charge in [0.25, 0.3) is 0 Å². The fourth-order valence-electron chi connectivity index (χ4n) is 2.91. The average molecular weight is 453 g/mol. The Hall–Kier alpha value is -3.72. The van der Waals surface area contributed by atoms with E-state index >= 15 is 0 Å². The second-order valence-electron chi connectivity index (χ2n) is 6.84. The highest BCUT2D eigenvalue weighted by Gasteiger charge is 2.13. The molecule has 32 heavy (non-hydrogen) atoms. The number of thioether (sulfide) groups is 1. The number of hydrogen-bond acceptors (Lipinski definition) is 5. The van der Waals surface area contributed by atoms with Gasteiger partial charge in [0.1, 0.15) is 11.3 Å². The number of imidazole rings is 1. The van der Waals surface area contributed by atoms with Gasteiger partial charge in [0, 0.05) is 11.9 Å². The molecule has 0 atom stereocenters. The van der Waals surface area contributed by atoms with E-state index in [1.54, 1.807) is 18.0 Å². The Morgan fingerprint density at radius 3 is 2.38 bits per heavy atom. The zero-order valence-electron chi connectivity index (χ0n) is 17.1. The third-order valence-corrected chi connectivity index (χ3v) is 5.40. The molecule has 0 unspecified atom stereocenters. The Balaban J connectivity index is 0.000000427. The smallest absolute Gasteiger partial charge is 0.414 e. The van der Waals surface area contributed by atoms with Crippen LogP contribution in [0.3, 0.4) is 0 Å². The molecule has 0 aliphatic rings. The van der Waals surface area contributed by atoms with E-state index in [4.69, 9.17) is 24.8 Å². The molecule has 0 radical (unpaired) electrons. The fourth-order valence-corrected chi connectivity index (χ4v) is 3.87. The van der Waals surface area contributed by atoms with Crippen LogP contribution in [0.15, 0.2) is 72.0 Å². The SMILES string of the molecule is Cc1cccc(Cn2c(SCc3ccc(F)cc3)nc3cccnc32)c1.O=C(O)C(=O)O. The van der Waals surface area contributed by atoms with Gasteiger partial charge < -0.3 is 10.2 Å². The van der Waals surface area contributed by atoms with E-state index in [-0.39, 0.29) is 5.82 Å². The van der Waals surface area contributed by atoms with Crippen molar-refractivity contribution in [2.75, 3.05) is 0 Å². The lowest BCUT2D eigenvalue weighted by molar-refractivity contribution is -0.159. The van der Waals surface area contributed by atoms with Gasteiger partial charge in [-0.2, -0.15) is 0 Å². The lowest BCUT2D eigenvalue weighted by Gasteiger charge is -2.09. The van der Waals surface area contributed by atoms with Gasteiger partial charge in [0.05, 0.1) is 6.54 Å². The van der Waals surface area contributed by atoms with Gasteiger partial charge >= 0.3 is 11.9 Å². The predicted octanol–water partition coefficient (Wildman–Crippen LogP) is 4.38. The number of carboxylic acids is 2. The first-order valence-electron chi connectivity index (χ1n) is 9.53. The Labute approximate surface area is 187 Å². The number of fused-ring (bicyclic) bond motifs is 1. The molecule has 0 amide bonds. The van der Waals surface area contributed by atoms with Gasteiger partial charge in [-0.05, 0) is 42.3 Å². The Morgan fingerprint density at radius 1 is 1.00 bits per heavy atom. The minimum atomic E-state index is -1.82. The van der Waals surface area contributed by atoms with Crippen molar-refractivity contribution in [3.8, 4) is 0 Å². The summed E-state index contributed by atoms with van der Waals surface area (Å²) >= 11 is 1.64. The van der Waals surface area contributed by atoms with Crippen LogP contribution in [-0.4, -0.2) is 36.7 Å². The molecule has 0 spiro atoms. The van der Waals surface area contributed by atoms with Gasteiger partial charge in [-0.3, -0.25) is 4.57 Å². The Kier molecular flexibility index (Phi) is 7.56. The number of rotatable bonds is 5. The minimum absolute atomic E-state index is 0.213. The molecule has 4 aromatic rings. The lowest BCUT2D eigenvalue weighted by atomic mass is 10.1. The summed E-state index contributed by atoms with van der Waals surface area (Å²) in [5.41, 5.74) is 5.30. The van der Waals surface area contributed by atoms with Crippen LogP contribution in [0.1, 0.15) is 16.7 Å². The minimum Gasteiger partial charge on any atom is -0.473 e. The number of halogens is 1. The molecule has 0 saturated heterocycles. The largest absolute Gasteiger partial charge is 0.473 e. The maximum atomic E-state index is 13.1. The van der Waals surface area contributed by atoms with E-state index in [0.29, 0.717) is 0 Å². The Bertz CT molecular complexity index is 1230. The zero-order chi connectivity index (χ0) is 23.1. The molecule has 2 heterocycles. The normalized spacial score (nSPS) is 10.4. The van der Waals surface area contributed by atoms with E-state index in [9.17, 15) is 4.39 Å². The number of carboxylic acid groups (broad SMARTS) is 2. The van der Waals surface area contributed by atoms with Crippen LogP contribution in [0.2, 0.25) is 0 Å². The number of benzene rings is 2. The van der Waals surface area contributed by atoms with Crippen LogP contribution in [0.25, 0.3) is 11.2 Å². The van der Waals surface area contributed by atoms with E-state index in [0.717, 1.165) is 34.2 Å². The first-order chi connectivity index (χ1) is 15.3. The van der Waals surface area contributed by atoms with Gasteiger partial charge in [0.15, 0.2) is 10.8 Å². The molecular weight excluding hydrogens is 433 g/mol. The molecule has 0 fully saturated rings. The summed E-state index contributed by atoms with van der Waals surface area (Å²) < 4.78 is 15.2. The van der Waals surface area contributed by atoms with Crippen molar-refractivity contribution < 1.29 is 24.2 Å². The van der Waals surface area contributed by atoms with Crippen LogP contribution in [0.4, 0.5) is 4.39 Å². The van der Waals surface area contributed by atoms with Crippen molar-refractivity contribution in [3.05, 3.63) is 89.4 Å². The topological polar surface area (TPSA) is 105 Å². The lowest BCUT2D eigenvalue weighted by Crippen LogP contribution is -2.09. The maximum absolute atomic E-state index is 13.1. The average Bonchev–Trinajstić information content (AvgIpc) is 3.11. The summed E-state index contributed by atoms with van der Waals surface area (Å²) in [5.74, 6) is -3.13. The number of aromatic nitrogens is 3. The van der Waals surface area contributed by atoms with Crippen LogP contribution in [0, 0.1) is 12.7 Å². The first kappa shape index (κ1) is 23.0. The molecule has 0 saturated carbocycles. The number of aryl methyl sites for hydroxylation is 1. The molecule has 4 rings (SSSR count). The van der Waals surface area contributed by atoms with Gasteiger partial charge in [-0.15, -0.1) is 0 Å². The second kappa shape index (κ2) is 10.5. The number of aliphatic carboxylic acids is 2. The van der Waals surface area contributed by atoms with Gasteiger partial charge in [-0.25, -0.2) is 23.9 Å². The molecule has 2 aromatic carbocycles. The summed E-state index contributed by atoms with van der Waals surface area (Å²) in [4.78, 5) is 27.5. The van der Waals surface area contributed by atoms with E-state index in [1.807, 2.05) is 24.3 Å². The summed E-state index contributed by atoms with van der Waals surface area (Å²) in [5, 5.41) is 15.7. The highest BCUT2D eigenvalue weighted by Crippen LogP contribution is 2.27. The molecule has 0 aliphatic carbocycles. The monoisotopic (exact) mass is 453 g/mol. The highest BCUT2D eigenvalue weighted by atomic mass is 32.2. The summed E-state index contributed by atoms with van der Waals surface area (Å²) in [6.45, 7) is 2.82. The summed E-state index contributed by atoms with van der Waals surface area (Å²) in [6, 6.07) is 19.0. The highest BCUT2D eigenvalue weighted by molar-refractivity contribution is 7.98. The number of pyridine rings is 1. The van der Waals surface area contributed by atoms with Crippen molar-refractivity contribution in [3.63, 3.8) is 0 Å². The number of nitrogens with zero attached hydrogens (tertiary/aromatic N) is 3. The van der Waals surface area contributed by atoms with E-state index in [2.05, 4.69) is 40.7 Å². The zero-order valence-corrected chi connectivity index (χ0v) is 17.9. The van der Waals surface area contributed by atoms with Crippen LogP contribution in [0.5, 0.6) is 0 Å². The molecular formula is C23H20FN3O4S. The van der Waals surface area contributed by atoms with Gasteiger partial charge in [-0.1, -0.05) is 53.7 Å². The molecule has 2 aromatic heterocycles. The van der Waals surface area contributed by atoms with Gasteiger partial charge in [0.2, 0.25) is 0 Å². The van der Waals surface area contributed by atoms with Crippen molar-refractivity contribution in [1.29, 1.82) is 0 Å². The Morgan fingerprint density at radius 2 is 1.72 bits per heavy atom. The summed E-state index contributed by atoms with van der Waals surface area (Å²) in [6.07, 6.45) is 1.80. The van der Waals surface area contributed by atoms with E-state index < -0.39 is 11.9 Å². The van der Waals surface area contributed by atoms with Crippen molar-refractivity contribution in [2.45, 2.75) is 24.4 Å². The van der Waals surface area contributed by atoms with E-state index in [1.165, 1.54) is 23.3 Å². The molecule has 164 valence electrons. The van der Waals surface area contributed by atoms with Crippen LogP contribution >= 0.6 is 11.8 Å². The third kappa shape index (κ3) is 6.14. The fraction of sp³-hybridized carbons (Fsp3) is 0.130. The second-order valence-corrected chi connectivity index (χ2v) is 7.78. The molecule has 0 aliphatic heterocycles. The molecule has 7 nitrogen and oxygen atoms in total. The predicted molar refractivity (Wildman–Crippen MR) is 119 cm³/mol. The molecule has 0 bridgehead atoms. The quantitative estimate of drug-likeness (QED) is 0.341. The number of carbonyl (C=O) groups is 2. The van der Waals surface area contributed by atoms with Crippen LogP contribution in [-0.2, 0) is 21.9 Å². The first-order valence-corrected chi connectivity index (χ1v) is 10.5. The van der Waals surface area contributed by atoms with Crippen molar-refractivity contribution >= 4 is 34.9 Å². The summed E-state index contributed by atoms with van der Waals surface area (Å²) in [7, 11) is 0. The van der Waals surface area contributed by atoms with Crippen molar-refractivity contribution in [2.24, 2.45) is 0 Å². The standard InChI is InChI=1S/C21H18FN3S.C2H2O4/c1-15-4-2-5-17(12-15)13-25-20-19(6-3-11-23-20)24-21(25)26-14-16-7-9-18(22)10-8-16;3-1(4)2(5)6/h2-12H,13-14H2,1H3;(H,3,4)(H,5,6). The van der Waals surface area contributed by atoms with Crippen molar-refractivity contribution in [1.82, 2.24) is 14.5 Å². The van der Waals surface area contributed by atoms with Crippen LogP contribution < -0.4 is 0 Å². The maximum Gasteiger partial charge on any atom is 0.414 e. The number of hydrogen-bond donors (Lipinski definition) is 2. The third-order valence-electron chi connectivity index (χ3n) is 4.36. The molecule has 9 heteroatoms. The molecule has 2 N–H and O–H groups in total.